The summed E-state index contributed by atoms with van der Waals surface area (Å²) in [5.74, 6) is 1.59. The molecule has 0 fully saturated rings. The van der Waals surface area contributed by atoms with E-state index >= 15 is 0 Å². The minimum atomic E-state index is 0.571. The zero-order valence-electron chi connectivity index (χ0n) is 14.1. The highest BCUT2D eigenvalue weighted by Gasteiger charge is 2.05. The zero-order valence-corrected chi connectivity index (χ0v) is 14.1. The van der Waals surface area contributed by atoms with E-state index in [1.807, 2.05) is 6.07 Å². The molecule has 4 nitrogen and oxygen atoms in total. The van der Waals surface area contributed by atoms with Gasteiger partial charge in [0.05, 0.1) is 14.2 Å². The van der Waals surface area contributed by atoms with Crippen molar-refractivity contribution in [1.82, 2.24) is 10.2 Å². The molecule has 0 amide bonds. The molecule has 0 atom stereocenters. The third-order valence-electron chi connectivity index (χ3n) is 3.50. The van der Waals surface area contributed by atoms with Crippen LogP contribution in [0.2, 0.25) is 0 Å². The third kappa shape index (κ3) is 6.82. The van der Waals surface area contributed by atoms with Crippen LogP contribution in [-0.4, -0.2) is 51.8 Å². The number of benzene rings is 1. The number of nitrogens with zero attached hydrogens (tertiary/aromatic N) is 1. The van der Waals surface area contributed by atoms with E-state index in [0.717, 1.165) is 37.6 Å². The fourth-order valence-electron chi connectivity index (χ4n) is 2.21. The lowest BCUT2D eigenvalue weighted by molar-refractivity contribution is 0.328. The van der Waals surface area contributed by atoms with Gasteiger partial charge < -0.3 is 19.7 Å². The standard InChI is InChI=1S/C17H30N2O2/c1-14(2)18-10-6-11-19(3)12-9-15-7-8-16(20-4)17(13-15)21-5/h7-8,13-14,18H,6,9-12H2,1-5H3. The van der Waals surface area contributed by atoms with Gasteiger partial charge in [-0.3, -0.25) is 0 Å². The van der Waals surface area contributed by atoms with Gasteiger partial charge in [-0.05, 0) is 50.7 Å². The maximum atomic E-state index is 5.34. The Balaban J connectivity index is 2.34. The minimum Gasteiger partial charge on any atom is -0.493 e. The van der Waals surface area contributed by atoms with Crippen molar-refractivity contribution in [3.63, 3.8) is 0 Å². The Morgan fingerprint density at radius 2 is 1.81 bits per heavy atom. The predicted molar refractivity (Wildman–Crippen MR) is 88.5 cm³/mol. The lowest BCUT2D eigenvalue weighted by atomic mass is 10.1. The molecule has 21 heavy (non-hydrogen) atoms. The van der Waals surface area contributed by atoms with Gasteiger partial charge in [0.1, 0.15) is 0 Å². The molecule has 1 N–H and O–H groups in total. The molecule has 1 aromatic carbocycles. The normalized spacial score (nSPS) is 11.2. The predicted octanol–water partition coefficient (Wildman–Crippen LogP) is 2.57. The summed E-state index contributed by atoms with van der Waals surface area (Å²) in [5.41, 5.74) is 1.28. The molecule has 0 unspecified atom stereocenters. The second-order valence-electron chi connectivity index (χ2n) is 5.70. The summed E-state index contributed by atoms with van der Waals surface area (Å²) in [4.78, 5) is 2.37. The van der Waals surface area contributed by atoms with Crippen LogP contribution >= 0.6 is 0 Å². The highest BCUT2D eigenvalue weighted by atomic mass is 16.5. The molecule has 0 aliphatic rings. The van der Waals surface area contributed by atoms with Crippen molar-refractivity contribution < 1.29 is 9.47 Å². The van der Waals surface area contributed by atoms with E-state index in [1.54, 1.807) is 14.2 Å². The molecule has 0 saturated heterocycles. The van der Waals surface area contributed by atoms with Crippen LogP contribution in [0.15, 0.2) is 18.2 Å². The third-order valence-corrected chi connectivity index (χ3v) is 3.50. The number of hydrogen-bond donors (Lipinski definition) is 1. The van der Waals surface area contributed by atoms with E-state index in [-0.39, 0.29) is 0 Å². The van der Waals surface area contributed by atoms with E-state index in [1.165, 1.54) is 12.0 Å². The molecular weight excluding hydrogens is 264 g/mol. The first-order chi connectivity index (χ1) is 10.1. The molecule has 0 bridgehead atoms. The minimum absolute atomic E-state index is 0.571. The average molecular weight is 294 g/mol. The summed E-state index contributed by atoms with van der Waals surface area (Å²) in [6.45, 7) is 7.62. The molecule has 0 aliphatic heterocycles. The van der Waals surface area contributed by atoms with Gasteiger partial charge >= 0.3 is 0 Å². The van der Waals surface area contributed by atoms with Crippen molar-refractivity contribution in [2.75, 3.05) is 40.9 Å². The van der Waals surface area contributed by atoms with Crippen molar-refractivity contribution >= 4 is 0 Å². The molecule has 120 valence electrons. The van der Waals surface area contributed by atoms with Gasteiger partial charge in [0.2, 0.25) is 0 Å². The van der Waals surface area contributed by atoms with Gasteiger partial charge in [-0.25, -0.2) is 0 Å². The van der Waals surface area contributed by atoms with Crippen LogP contribution in [0.5, 0.6) is 11.5 Å². The molecule has 1 rings (SSSR count). The van der Waals surface area contributed by atoms with Crippen molar-refractivity contribution in [1.29, 1.82) is 0 Å². The van der Waals surface area contributed by atoms with Gasteiger partial charge in [0.25, 0.3) is 0 Å². The Morgan fingerprint density at radius 1 is 1.10 bits per heavy atom. The number of likely N-dealkylation sites (N-methyl/N-ethyl adjacent to an activating group) is 1. The molecule has 0 radical (unpaired) electrons. The van der Waals surface area contributed by atoms with Crippen LogP contribution in [0.1, 0.15) is 25.8 Å². The first-order valence-electron chi connectivity index (χ1n) is 7.69. The summed E-state index contributed by atoms with van der Waals surface area (Å²) >= 11 is 0. The smallest absolute Gasteiger partial charge is 0.160 e. The molecule has 1 aromatic rings. The van der Waals surface area contributed by atoms with Crippen LogP contribution < -0.4 is 14.8 Å². The molecule has 0 aromatic heterocycles. The summed E-state index contributed by atoms with van der Waals surface area (Å²) in [5, 5.41) is 3.45. The van der Waals surface area contributed by atoms with E-state index in [4.69, 9.17) is 9.47 Å². The Kier molecular flexibility index (Phi) is 8.16. The molecular formula is C17H30N2O2. The van der Waals surface area contributed by atoms with Crippen LogP contribution in [0.4, 0.5) is 0 Å². The molecule has 0 heterocycles. The van der Waals surface area contributed by atoms with Crippen molar-refractivity contribution in [2.24, 2.45) is 0 Å². The average Bonchev–Trinajstić information content (AvgIpc) is 2.48. The number of nitrogens with one attached hydrogen (secondary N) is 1. The fourth-order valence-corrected chi connectivity index (χ4v) is 2.21. The largest absolute Gasteiger partial charge is 0.493 e. The number of ether oxygens (including phenoxy) is 2. The Labute approximate surface area is 129 Å². The maximum absolute atomic E-state index is 5.34. The summed E-state index contributed by atoms with van der Waals surface area (Å²) in [7, 11) is 5.52. The number of hydrogen-bond acceptors (Lipinski definition) is 4. The Morgan fingerprint density at radius 3 is 2.43 bits per heavy atom. The van der Waals surface area contributed by atoms with E-state index in [2.05, 4.69) is 43.2 Å². The van der Waals surface area contributed by atoms with Crippen molar-refractivity contribution in [3.8, 4) is 11.5 Å². The Hall–Kier alpha value is -1.26. The second kappa shape index (κ2) is 9.64. The second-order valence-corrected chi connectivity index (χ2v) is 5.70. The maximum Gasteiger partial charge on any atom is 0.160 e. The summed E-state index contributed by atoms with van der Waals surface area (Å²) in [6, 6.07) is 6.71. The first-order valence-corrected chi connectivity index (χ1v) is 7.69. The molecule has 0 spiro atoms. The van der Waals surface area contributed by atoms with E-state index in [0.29, 0.717) is 6.04 Å². The fraction of sp³-hybridized carbons (Fsp3) is 0.647. The van der Waals surface area contributed by atoms with Gasteiger partial charge in [0.15, 0.2) is 11.5 Å². The van der Waals surface area contributed by atoms with E-state index < -0.39 is 0 Å². The first kappa shape index (κ1) is 17.8. The topological polar surface area (TPSA) is 33.7 Å². The highest BCUT2D eigenvalue weighted by molar-refractivity contribution is 5.42. The van der Waals surface area contributed by atoms with Gasteiger partial charge in [-0.1, -0.05) is 19.9 Å². The number of methoxy groups -OCH3 is 2. The van der Waals surface area contributed by atoms with Crippen molar-refractivity contribution in [2.45, 2.75) is 32.7 Å². The molecule has 0 saturated carbocycles. The molecule has 4 heteroatoms. The van der Waals surface area contributed by atoms with Gasteiger partial charge in [0, 0.05) is 12.6 Å². The lowest BCUT2D eigenvalue weighted by Crippen LogP contribution is -2.28. The van der Waals surface area contributed by atoms with Crippen LogP contribution in [0.3, 0.4) is 0 Å². The van der Waals surface area contributed by atoms with Gasteiger partial charge in [-0.2, -0.15) is 0 Å². The SMILES string of the molecule is COc1ccc(CCN(C)CCCNC(C)C)cc1OC. The van der Waals surface area contributed by atoms with Crippen LogP contribution in [-0.2, 0) is 6.42 Å². The van der Waals surface area contributed by atoms with E-state index in [9.17, 15) is 0 Å². The van der Waals surface area contributed by atoms with Crippen molar-refractivity contribution in [3.05, 3.63) is 23.8 Å². The summed E-state index contributed by atoms with van der Waals surface area (Å²) < 4.78 is 10.6. The van der Waals surface area contributed by atoms with Crippen LogP contribution in [0, 0.1) is 0 Å². The Bertz CT molecular complexity index is 408. The number of rotatable bonds is 10. The zero-order chi connectivity index (χ0) is 15.7. The van der Waals surface area contributed by atoms with Gasteiger partial charge in [-0.15, -0.1) is 0 Å². The summed E-state index contributed by atoms with van der Waals surface area (Å²) in [6.07, 6.45) is 2.20. The monoisotopic (exact) mass is 294 g/mol. The molecule has 0 aliphatic carbocycles. The van der Waals surface area contributed by atoms with Crippen LogP contribution in [0.25, 0.3) is 0 Å². The quantitative estimate of drug-likeness (QED) is 0.673. The highest BCUT2D eigenvalue weighted by Crippen LogP contribution is 2.27. The lowest BCUT2D eigenvalue weighted by Gasteiger charge is -2.17.